The third kappa shape index (κ3) is 4.43. The molecule has 24 heavy (non-hydrogen) atoms. The maximum atomic E-state index is 12.5. The number of carbonyl (C=O) groups excluding carboxylic acids is 1. The minimum absolute atomic E-state index is 0.0642. The Balaban J connectivity index is 2.22. The molecule has 0 aromatic heterocycles. The highest BCUT2D eigenvalue weighted by Crippen LogP contribution is 2.20. The molecule has 0 radical (unpaired) electrons. The smallest absolute Gasteiger partial charge is 0.251 e. The highest BCUT2D eigenvalue weighted by atomic mass is 79.9. The van der Waals surface area contributed by atoms with E-state index in [4.69, 9.17) is 0 Å². The van der Waals surface area contributed by atoms with Gasteiger partial charge >= 0.3 is 0 Å². The van der Waals surface area contributed by atoms with Crippen LogP contribution in [0, 0.1) is 0 Å². The quantitative estimate of drug-likeness (QED) is 0.767. The van der Waals surface area contributed by atoms with Crippen LogP contribution in [0.3, 0.4) is 0 Å². The van der Waals surface area contributed by atoms with Crippen LogP contribution in [0.1, 0.15) is 35.3 Å². The molecular weight excluding hydrogens is 392 g/mol. The standard InChI is InChI=1S/C17H19BrN2O3S/c1-3-16(12-7-9-14(18)10-8-12)20-17(21)13-5-4-6-15(11-13)24(22,23)19-2/h4-11,16,19H,3H2,1-2H3,(H,20,21). The Hall–Kier alpha value is -1.70. The van der Waals surface area contributed by atoms with Gasteiger partial charge in [-0.15, -0.1) is 0 Å². The van der Waals surface area contributed by atoms with E-state index in [9.17, 15) is 13.2 Å². The van der Waals surface area contributed by atoms with E-state index in [1.807, 2.05) is 31.2 Å². The average Bonchev–Trinajstić information content (AvgIpc) is 2.60. The molecule has 1 amide bonds. The Morgan fingerprint density at radius 1 is 1.17 bits per heavy atom. The molecule has 5 nitrogen and oxygen atoms in total. The lowest BCUT2D eigenvalue weighted by molar-refractivity contribution is 0.0935. The lowest BCUT2D eigenvalue weighted by Gasteiger charge is -2.18. The topological polar surface area (TPSA) is 75.3 Å². The minimum atomic E-state index is -3.58. The highest BCUT2D eigenvalue weighted by molar-refractivity contribution is 9.10. The van der Waals surface area contributed by atoms with Crippen molar-refractivity contribution in [2.75, 3.05) is 7.05 Å². The third-order valence-electron chi connectivity index (χ3n) is 3.66. The first-order chi connectivity index (χ1) is 11.4. The lowest BCUT2D eigenvalue weighted by Crippen LogP contribution is -2.28. The summed E-state index contributed by atoms with van der Waals surface area (Å²) in [5.41, 5.74) is 1.30. The van der Waals surface area contributed by atoms with Crippen molar-refractivity contribution in [1.29, 1.82) is 0 Å². The summed E-state index contributed by atoms with van der Waals surface area (Å²) in [6.07, 6.45) is 0.724. The highest BCUT2D eigenvalue weighted by Gasteiger charge is 2.17. The first kappa shape index (κ1) is 18.6. The molecule has 2 aromatic rings. The molecule has 1 atom stereocenters. The molecule has 7 heteroatoms. The number of carbonyl (C=O) groups is 1. The van der Waals surface area contributed by atoms with Crippen molar-refractivity contribution in [3.63, 3.8) is 0 Å². The Kier molecular flexibility index (Phi) is 6.15. The van der Waals surface area contributed by atoms with Crippen molar-refractivity contribution in [3.05, 3.63) is 64.1 Å². The number of amides is 1. The molecule has 0 aliphatic heterocycles. The van der Waals surface area contributed by atoms with Crippen molar-refractivity contribution in [3.8, 4) is 0 Å². The summed E-state index contributed by atoms with van der Waals surface area (Å²) in [6, 6.07) is 13.6. The molecule has 0 aliphatic carbocycles. The lowest BCUT2D eigenvalue weighted by atomic mass is 10.0. The van der Waals surface area contributed by atoms with E-state index in [0.29, 0.717) is 5.56 Å². The minimum Gasteiger partial charge on any atom is -0.345 e. The second kappa shape index (κ2) is 7.92. The van der Waals surface area contributed by atoms with E-state index in [2.05, 4.69) is 26.0 Å². The van der Waals surface area contributed by atoms with Gasteiger partial charge in [0.1, 0.15) is 0 Å². The van der Waals surface area contributed by atoms with Gasteiger partial charge in [0.15, 0.2) is 0 Å². The molecule has 0 spiro atoms. The van der Waals surface area contributed by atoms with Gasteiger partial charge in [0, 0.05) is 10.0 Å². The zero-order valence-electron chi connectivity index (χ0n) is 13.4. The number of hydrogen-bond acceptors (Lipinski definition) is 3. The van der Waals surface area contributed by atoms with Gasteiger partial charge in [-0.25, -0.2) is 13.1 Å². The van der Waals surface area contributed by atoms with Gasteiger partial charge in [0.05, 0.1) is 10.9 Å². The Morgan fingerprint density at radius 2 is 1.83 bits per heavy atom. The normalized spacial score (nSPS) is 12.6. The summed E-state index contributed by atoms with van der Waals surface area (Å²) in [7, 11) is -2.24. The largest absolute Gasteiger partial charge is 0.345 e. The Labute approximate surface area is 150 Å². The van der Waals surface area contributed by atoms with Crippen LogP contribution in [0.15, 0.2) is 57.9 Å². The molecule has 0 bridgehead atoms. The van der Waals surface area contributed by atoms with E-state index in [0.717, 1.165) is 16.5 Å². The number of nitrogens with one attached hydrogen (secondary N) is 2. The molecule has 0 aliphatic rings. The van der Waals surface area contributed by atoms with Crippen LogP contribution >= 0.6 is 15.9 Å². The fourth-order valence-corrected chi connectivity index (χ4v) is 3.32. The number of hydrogen-bond donors (Lipinski definition) is 2. The fraction of sp³-hybridized carbons (Fsp3) is 0.235. The van der Waals surface area contributed by atoms with Crippen LogP contribution in [-0.4, -0.2) is 21.4 Å². The van der Waals surface area contributed by atoms with E-state index in [1.54, 1.807) is 12.1 Å². The second-order valence-corrected chi connectivity index (χ2v) is 8.02. The van der Waals surface area contributed by atoms with E-state index >= 15 is 0 Å². The summed E-state index contributed by atoms with van der Waals surface area (Å²) < 4.78 is 26.9. The molecule has 0 heterocycles. The van der Waals surface area contributed by atoms with Crippen LogP contribution in [-0.2, 0) is 10.0 Å². The molecule has 2 aromatic carbocycles. The number of sulfonamides is 1. The molecule has 0 saturated heterocycles. The van der Waals surface area contributed by atoms with Crippen molar-refractivity contribution in [2.45, 2.75) is 24.3 Å². The van der Waals surface area contributed by atoms with Gasteiger partial charge in [-0.05, 0) is 49.4 Å². The van der Waals surface area contributed by atoms with Crippen molar-refractivity contribution in [1.82, 2.24) is 10.0 Å². The maximum absolute atomic E-state index is 12.5. The van der Waals surface area contributed by atoms with Crippen LogP contribution in [0.2, 0.25) is 0 Å². The zero-order chi connectivity index (χ0) is 17.7. The van der Waals surface area contributed by atoms with Crippen LogP contribution < -0.4 is 10.0 Å². The van der Waals surface area contributed by atoms with Crippen molar-refractivity contribution < 1.29 is 13.2 Å². The van der Waals surface area contributed by atoms with Crippen molar-refractivity contribution >= 4 is 31.9 Å². The molecular formula is C17H19BrN2O3S. The first-order valence-corrected chi connectivity index (χ1v) is 9.75. The summed E-state index contributed by atoms with van der Waals surface area (Å²) in [4.78, 5) is 12.6. The maximum Gasteiger partial charge on any atom is 0.251 e. The van der Waals surface area contributed by atoms with Crippen LogP contribution in [0.25, 0.3) is 0 Å². The monoisotopic (exact) mass is 410 g/mol. The van der Waals surface area contributed by atoms with E-state index < -0.39 is 10.0 Å². The summed E-state index contributed by atoms with van der Waals surface area (Å²) in [5, 5.41) is 2.95. The van der Waals surface area contributed by atoms with E-state index in [-0.39, 0.29) is 16.8 Å². The Bertz CT molecular complexity index is 820. The summed E-state index contributed by atoms with van der Waals surface area (Å²) in [5.74, 6) is -0.307. The zero-order valence-corrected chi connectivity index (χ0v) is 15.8. The van der Waals surface area contributed by atoms with Crippen LogP contribution in [0.5, 0.6) is 0 Å². The Morgan fingerprint density at radius 3 is 2.42 bits per heavy atom. The summed E-state index contributed by atoms with van der Waals surface area (Å²) >= 11 is 3.39. The molecule has 2 rings (SSSR count). The van der Waals surface area contributed by atoms with Gasteiger partial charge < -0.3 is 5.32 Å². The second-order valence-electron chi connectivity index (χ2n) is 5.22. The van der Waals surface area contributed by atoms with Gasteiger partial charge in [-0.3, -0.25) is 4.79 Å². The number of rotatable bonds is 6. The molecule has 2 N–H and O–H groups in total. The summed E-state index contributed by atoms with van der Waals surface area (Å²) in [6.45, 7) is 1.98. The van der Waals surface area contributed by atoms with Gasteiger partial charge in [-0.2, -0.15) is 0 Å². The first-order valence-electron chi connectivity index (χ1n) is 7.47. The number of halogens is 1. The van der Waals surface area contributed by atoms with Crippen molar-refractivity contribution in [2.24, 2.45) is 0 Å². The fourth-order valence-electron chi connectivity index (χ4n) is 2.28. The molecule has 0 saturated carbocycles. The van der Waals surface area contributed by atoms with Gasteiger partial charge in [-0.1, -0.05) is 41.1 Å². The van der Waals surface area contributed by atoms with Gasteiger partial charge in [0.2, 0.25) is 10.0 Å². The SMILES string of the molecule is CCC(NC(=O)c1cccc(S(=O)(=O)NC)c1)c1ccc(Br)cc1. The molecule has 1 unspecified atom stereocenters. The van der Waals surface area contributed by atoms with E-state index in [1.165, 1.54) is 19.2 Å². The number of benzene rings is 2. The third-order valence-corrected chi connectivity index (χ3v) is 5.60. The predicted octanol–water partition coefficient (Wildman–Crippen LogP) is 3.24. The predicted molar refractivity (Wildman–Crippen MR) is 97.3 cm³/mol. The molecule has 0 fully saturated rings. The average molecular weight is 411 g/mol. The van der Waals surface area contributed by atoms with Gasteiger partial charge in [0.25, 0.3) is 5.91 Å². The van der Waals surface area contributed by atoms with Crippen LogP contribution in [0.4, 0.5) is 0 Å². The molecule has 128 valence electrons.